The van der Waals surface area contributed by atoms with Gasteiger partial charge in [-0.25, -0.2) is 4.98 Å². The summed E-state index contributed by atoms with van der Waals surface area (Å²) < 4.78 is 11.5. The first kappa shape index (κ1) is 15.8. The van der Waals surface area contributed by atoms with Crippen molar-refractivity contribution in [1.82, 2.24) is 4.98 Å². The van der Waals surface area contributed by atoms with Crippen molar-refractivity contribution in [2.75, 3.05) is 14.2 Å². The van der Waals surface area contributed by atoms with Crippen molar-refractivity contribution >= 4 is 15.9 Å². The Morgan fingerprint density at radius 1 is 1.14 bits per heavy atom. The van der Waals surface area contributed by atoms with E-state index in [0.29, 0.717) is 5.88 Å². The highest BCUT2D eigenvalue weighted by molar-refractivity contribution is 9.10. The molecule has 0 saturated heterocycles. The Morgan fingerprint density at radius 3 is 2.57 bits per heavy atom. The summed E-state index contributed by atoms with van der Waals surface area (Å²) in [5.41, 5.74) is 8.44. The van der Waals surface area contributed by atoms with Gasteiger partial charge in [-0.05, 0) is 42.2 Å². The molecule has 112 valence electrons. The van der Waals surface area contributed by atoms with E-state index >= 15 is 0 Å². The Hall–Kier alpha value is -1.59. The first-order valence-electron chi connectivity index (χ1n) is 6.69. The summed E-state index contributed by atoms with van der Waals surface area (Å²) in [6.07, 6.45) is 3.30. The molecule has 2 N–H and O–H groups in total. The van der Waals surface area contributed by atoms with Crippen LogP contribution in [0.15, 0.2) is 41.0 Å². The summed E-state index contributed by atoms with van der Waals surface area (Å²) in [5, 5.41) is 0. The van der Waals surface area contributed by atoms with Crippen molar-refractivity contribution in [3.63, 3.8) is 0 Å². The lowest BCUT2D eigenvalue weighted by Crippen LogP contribution is -2.25. The van der Waals surface area contributed by atoms with E-state index in [-0.39, 0.29) is 6.04 Å². The van der Waals surface area contributed by atoms with Gasteiger partial charge in [0.2, 0.25) is 5.88 Å². The van der Waals surface area contributed by atoms with Gasteiger partial charge in [-0.1, -0.05) is 22.0 Å². The molecule has 0 aliphatic carbocycles. The molecule has 1 unspecified atom stereocenters. The van der Waals surface area contributed by atoms with Gasteiger partial charge >= 0.3 is 0 Å². The van der Waals surface area contributed by atoms with E-state index in [2.05, 4.69) is 20.9 Å². The van der Waals surface area contributed by atoms with Crippen LogP contribution < -0.4 is 15.2 Å². The number of ether oxygens (including phenoxy) is 2. The third kappa shape index (κ3) is 4.44. The molecule has 4 nitrogen and oxygen atoms in total. The molecular weight excluding hydrogens is 332 g/mol. The number of benzene rings is 1. The highest BCUT2D eigenvalue weighted by Crippen LogP contribution is 2.24. The fraction of sp³-hybridized carbons (Fsp3) is 0.312. The fourth-order valence-electron chi connectivity index (χ4n) is 2.22. The van der Waals surface area contributed by atoms with Gasteiger partial charge in [-0.15, -0.1) is 0 Å². The van der Waals surface area contributed by atoms with Crippen LogP contribution in [0.2, 0.25) is 0 Å². The van der Waals surface area contributed by atoms with Gasteiger partial charge in [0, 0.05) is 22.8 Å². The molecule has 2 rings (SSSR count). The number of pyridine rings is 1. The van der Waals surface area contributed by atoms with Crippen LogP contribution in [0.1, 0.15) is 11.1 Å². The minimum atomic E-state index is 0.00314. The molecule has 1 aromatic heterocycles. The minimum absolute atomic E-state index is 0.00314. The molecular formula is C16H19BrN2O2. The van der Waals surface area contributed by atoms with Crippen molar-refractivity contribution in [3.05, 3.63) is 52.1 Å². The average Bonchev–Trinajstić information content (AvgIpc) is 2.48. The maximum atomic E-state index is 6.25. The van der Waals surface area contributed by atoms with Gasteiger partial charge in [0.25, 0.3) is 0 Å². The lowest BCUT2D eigenvalue weighted by atomic mass is 10.00. The summed E-state index contributed by atoms with van der Waals surface area (Å²) in [6.45, 7) is 0. The number of aromatic nitrogens is 1. The maximum Gasteiger partial charge on any atom is 0.212 e. The van der Waals surface area contributed by atoms with Crippen molar-refractivity contribution in [1.29, 1.82) is 0 Å². The number of methoxy groups -OCH3 is 2. The molecule has 0 aliphatic rings. The van der Waals surface area contributed by atoms with E-state index in [1.165, 1.54) is 0 Å². The predicted octanol–water partition coefficient (Wildman–Crippen LogP) is 2.97. The Bertz CT molecular complexity index is 587. The summed E-state index contributed by atoms with van der Waals surface area (Å²) in [5.74, 6) is 1.47. The number of rotatable bonds is 6. The molecule has 0 amide bonds. The van der Waals surface area contributed by atoms with Crippen molar-refractivity contribution in [2.24, 2.45) is 5.73 Å². The molecule has 1 aromatic carbocycles. The monoisotopic (exact) mass is 350 g/mol. The Labute approximate surface area is 133 Å². The summed E-state index contributed by atoms with van der Waals surface area (Å²) in [6, 6.07) is 9.79. The Kier molecular flexibility index (Phi) is 5.59. The van der Waals surface area contributed by atoms with E-state index < -0.39 is 0 Å². The topological polar surface area (TPSA) is 57.4 Å². The van der Waals surface area contributed by atoms with Gasteiger partial charge in [-0.3, -0.25) is 0 Å². The first-order chi connectivity index (χ1) is 10.1. The highest BCUT2D eigenvalue weighted by Gasteiger charge is 2.10. The van der Waals surface area contributed by atoms with Gasteiger partial charge in [0.05, 0.1) is 14.2 Å². The third-order valence-electron chi connectivity index (χ3n) is 3.23. The largest absolute Gasteiger partial charge is 0.496 e. The van der Waals surface area contributed by atoms with Gasteiger partial charge in [-0.2, -0.15) is 0 Å². The predicted molar refractivity (Wildman–Crippen MR) is 86.9 cm³/mol. The SMILES string of the molecule is COc1ccc(CC(N)Cc2cc(Br)ccc2OC)cn1. The fourth-order valence-corrected chi connectivity index (χ4v) is 2.62. The zero-order valence-corrected chi connectivity index (χ0v) is 13.8. The van der Waals surface area contributed by atoms with E-state index in [1.54, 1.807) is 20.4 Å². The minimum Gasteiger partial charge on any atom is -0.496 e. The van der Waals surface area contributed by atoms with Crippen molar-refractivity contribution < 1.29 is 9.47 Å². The van der Waals surface area contributed by atoms with Gasteiger partial charge < -0.3 is 15.2 Å². The first-order valence-corrected chi connectivity index (χ1v) is 7.48. The van der Waals surface area contributed by atoms with Crippen LogP contribution in [0.5, 0.6) is 11.6 Å². The van der Waals surface area contributed by atoms with Crippen LogP contribution in [0.4, 0.5) is 0 Å². The molecule has 2 aromatic rings. The van der Waals surface area contributed by atoms with E-state index in [4.69, 9.17) is 15.2 Å². The molecule has 0 fully saturated rings. The standard InChI is InChI=1S/C16H19BrN2O2/c1-20-15-5-4-13(17)8-12(15)9-14(18)7-11-3-6-16(21-2)19-10-11/h3-6,8,10,14H,7,9,18H2,1-2H3. The zero-order chi connectivity index (χ0) is 15.2. The van der Waals surface area contributed by atoms with Crippen LogP contribution in [-0.2, 0) is 12.8 Å². The lowest BCUT2D eigenvalue weighted by molar-refractivity contribution is 0.397. The third-order valence-corrected chi connectivity index (χ3v) is 3.72. The second kappa shape index (κ2) is 7.43. The molecule has 1 atom stereocenters. The maximum absolute atomic E-state index is 6.25. The molecule has 0 radical (unpaired) electrons. The van der Waals surface area contributed by atoms with E-state index in [9.17, 15) is 0 Å². The van der Waals surface area contributed by atoms with Crippen LogP contribution in [0, 0.1) is 0 Å². The molecule has 0 bridgehead atoms. The van der Waals surface area contributed by atoms with Crippen molar-refractivity contribution in [3.8, 4) is 11.6 Å². The summed E-state index contributed by atoms with van der Waals surface area (Å²) in [7, 11) is 3.28. The number of nitrogens with zero attached hydrogens (tertiary/aromatic N) is 1. The van der Waals surface area contributed by atoms with Crippen molar-refractivity contribution in [2.45, 2.75) is 18.9 Å². The molecule has 5 heteroatoms. The van der Waals surface area contributed by atoms with E-state index in [0.717, 1.165) is 34.2 Å². The van der Waals surface area contributed by atoms with Crippen LogP contribution in [0.3, 0.4) is 0 Å². The highest BCUT2D eigenvalue weighted by atomic mass is 79.9. The van der Waals surface area contributed by atoms with Gasteiger partial charge in [0.1, 0.15) is 5.75 Å². The Morgan fingerprint density at radius 2 is 1.95 bits per heavy atom. The second-order valence-electron chi connectivity index (χ2n) is 4.83. The average molecular weight is 351 g/mol. The smallest absolute Gasteiger partial charge is 0.212 e. The Balaban J connectivity index is 2.03. The van der Waals surface area contributed by atoms with Gasteiger partial charge in [0.15, 0.2) is 0 Å². The normalized spacial score (nSPS) is 12.0. The van der Waals surface area contributed by atoms with Crippen LogP contribution in [0.25, 0.3) is 0 Å². The second-order valence-corrected chi connectivity index (χ2v) is 5.75. The molecule has 0 saturated carbocycles. The van der Waals surface area contributed by atoms with E-state index in [1.807, 2.05) is 30.3 Å². The lowest BCUT2D eigenvalue weighted by Gasteiger charge is -2.15. The van der Waals surface area contributed by atoms with Crippen LogP contribution >= 0.6 is 15.9 Å². The molecule has 21 heavy (non-hydrogen) atoms. The van der Waals surface area contributed by atoms with Crippen LogP contribution in [-0.4, -0.2) is 25.2 Å². The number of nitrogens with two attached hydrogens (primary N) is 1. The molecule has 0 spiro atoms. The number of hydrogen-bond acceptors (Lipinski definition) is 4. The number of hydrogen-bond donors (Lipinski definition) is 1. The molecule has 0 aliphatic heterocycles. The molecule has 1 heterocycles. The summed E-state index contributed by atoms with van der Waals surface area (Å²) >= 11 is 3.48. The summed E-state index contributed by atoms with van der Waals surface area (Å²) in [4.78, 5) is 4.20. The zero-order valence-electron chi connectivity index (χ0n) is 12.2. The number of halogens is 1. The quantitative estimate of drug-likeness (QED) is 0.869.